The molecule has 1 aliphatic rings. The summed E-state index contributed by atoms with van der Waals surface area (Å²) >= 11 is 0. The molecule has 0 radical (unpaired) electrons. The molecule has 0 aromatic heterocycles. The van der Waals surface area contributed by atoms with E-state index in [0.29, 0.717) is 6.54 Å². The number of nitrogens with zero attached hydrogens (tertiary/aromatic N) is 1. The Hall–Kier alpha value is -1.26. The standard InChI is InChI=1S/C15H28N2O3/c1-5-6-7-10-17(11(2)3)14(20)16-15(4,13(18)19)12-8-9-12/h11-12H,5-10H2,1-4H3,(H,16,20)(H,18,19). The maximum Gasteiger partial charge on any atom is 0.329 e. The van der Waals surface area contributed by atoms with Gasteiger partial charge in [-0.2, -0.15) is 0 Å². The lowest BCUT2D eigenvalue weighted by molar-refractivity contribution is -0.144. The Bertz CT molecular complexity index is 353. The summed E-state index contributed by atoms with van der Waals surface area (Å²) in [5.41, 5.74) is -1.13. The maximum absolute atomic E-state index is 12.4. The monoisotopic (exact) mass is 284 g/mol. The van der Waals surface area contributed by atoms with Gasteiger partial charge in [0.25, 0.3) is 0 Å². The third-order valence-electron chi connectivity index (χ3n) is 4.09. The zero-order chi connectivity index (χ0) is 15.3. The largest absolute Gasteiger partial charge is 0.480 e. The quantitative estimate of drug-likeness (QED) is 0.673. The van der Waals surface area contributed by atoms with Crippen molar-refractivity contribution in [2.24, 2.45) is 5.92 Å². The topological polar surface area (TPSA) is 69.6 Å². The predicted octanol–water partition coefficient (Wildman–Crippen LogP) is 2.85. The van der Waals surface area contributed by atoms with Crippen LogP contribution in [0.15, 0.2) is 0 Å². The maximum atomic E-state index is 12.4. The fraction of sp³-hybridized carbons (Fsp3) is 0.867. The first-order valence-electron chi connectivity index (χ1n) is 7.65. The Labute approximate surface area is 121 Å². The highest BCUT2D eigenvalue weighted by Gasteiger charge is 2.49. The Morgan fingerprint density at radius 3 is 2.35 bits per heavy atom. The number of carbonyl (C=O) groups excluding carboxylic acids is 1. The molecule has 0 bridgehead atoms. The average molecular weight is 284 g/mol. The first kappa shape index (κ1) is 16.8. The van der Waals surface area contributed by atoms with Crippen LogP contribution in [0.25, 0.3) is 0 Å². The van der Waals surface area contributed by atoms with Gasteiger partial charge in [-0.1, -0.05) is 19.8 Å². The van der Waals surface area contributed by atoms with E-state index in [2.05, 4.69) is 12.2 Å². The van der Waals surface area contributed by atoms with Crippen LogP contribution in [0, 0.1) is 5.92 Å². The van der Waals surface area contributed by atoms with Crippen LogP contribution < -0.4 is 5.32 Å². The fourth-order valence-electron chi connectivity index (χ4n) is 2.41. The van der Waals surface area contributed by atoms with Gasteiger partial charge in [0, 0.05) is 12.6 Å². The van der Waals surface area contributed by atoms with Crippen molar-refractivity contribution in [2.45, 2.75) is 71.4 Å². The molecule has 2 amide bonds. The first-order chi connectivity index (χ1) is 9.32. The molecule has 1 atom stereocenters. The van der Waals surface area contributed by atoms with Crippen LogP contribution >= 0.6 is 0 Å². The second-order valence-electron chi connectivity index (χ2n) is 6.21. The Morgan fingerprint density at radius 2 is 1.95 bits per heavy atom. The van der Waals surface area contributed by atoms with Gasteiger partial charge in [0.1, 0.15) is 5.54 Å². The third-order valence-corrected chi connectivity index (χ3v) is 4.09. The molecule has 1 rings (SSSR count). The minimum absolute atomic E-state index is 0.0635. The number of nitrogens with one attached hydrogen (secondary N) is 1. The van der Waals surface area contributed by atoms with Crippen LogP contribution in [0.3, 0.4) is 0 Å². The number of carboxylic acid groups (broad SMARTS) is 1. The summed E-state index contributed by atoms with van der Waals surface area (Å²) in [6.07, 6.45) is 4.88. The number of unbranched alkanes of at least 4 members (excludes halogenated alkanes) is 2. The number of aliphatic carboxylic acids is 1. The smallest absolute Gasteiger partial charge is 0.329 e. The van der Waals surface area contributed by atoms with E-state index < -0.39 is 11.5 Å². The van der Waals surface area contributed by atoms with E-state index >= 15 is 0 Å². The van der Waals surface area contributed by atoms with E-state index in [1.165, 1.54) is 0 Å². The van der Waals surface area contributed by atoms with Crippen molar-refractivity contribution < 1.29 is 14.7 Å². The number of hydrogen-bond acceptors (Lipinski definition) is 2. The Balaban J connectivity index is 2.66. The fourth-order valence-corrected chi connectivity index (χ4v) is 2.41. The number of amides is 2. The van der Waals surface area contributed by atoms with Crippen LogP contribution in [0.5, 0.6) is 0 Å². The van der Waals surface area contributed by atoms with Crippen LogP contribution in [0.4, 0.5) is 4.79 Å². The van der Waals surface area contributed by atoms with E-state index in [1.807, 2.05) is 13.8 Å². The summed E-state index contributed by atoms with van der Waals surface area (Å²) in [4.78, 5) is 25.6. The van der Waals surface area contributed by atoms with Crippen molar-refractivity contribution in [2.75, 3.05) is 6.54 Å². The number of hydrogen-bond donors (Lipinski definition) is 2. The molecule has 5 nitrogen and oxygen atoms in total. The van der Waals surface area contributed by atoms with Crippen LogP contribution in [-0.2, 0) is 4.79 Å². The zero-order valence-electron chi connectivity index (χ0n) is 13.1. The predicted molar refractivity (Wildman–Crippen MR) is 78.7 cm³/mol. The SMILES string of the molecule is CCCCCN(C(=O)NC(C)(C(=O)O)C1CC1)C(C)C. The van der Waals surface area contributed by atoms with Crippen molar-refractivity contribution in [3.05, 3.63) is 0 Å². The second-order valence-corrected chi connectivity index (χ2v) is 6.21. The summed E-state index contributed by atoms with van der Waals surface area (Å²) in [5.74, 6) is -0.876. The van der Waals surface area contributed by atoms with Gasteiger partial charge in [0.05, 0.1) is 0 Å². The number of urea groups is 1. The van der Waals surface area contributed by atoms with Gasteiger partial charge in [-0.05, 0) is 46.0 Å². The highest BCUT2D eigenvalue weighted by molar-refractivity contribution is 5.86. The molecule has 1 fully saturated rings. The summed E-state index contributed by atoms with van der Waals surface area (Å²) < 4.78 is 0. The minimum Gasteiger partial charge on any atom is -0.480 e. The van der Waals surface area contributed by atoms with Crippen molar-refractivity contribution in [3.63, 3.8) is 0 Å². The van der Waals surface area contributed by atoms with E-state index in [9.17, 15) is 14.7 Å². The molecular weight excluding hydrogens is 256 g/mol. The van der Waals surface area contributed by atoms with Gasteiger partial charge in [-0.25, -0.2) is 9.59 Å². The number of carbonyl (C=O) groups is 2. The van der Waals surface area contributed by atoms with E-state index in [0.717, 1.165) is 32.1 Å². The van der Waals surface area contributed by atoms with Gasteiger partial charge in [-0.3, -0.25) is 0 Å². The van der Waals surface area contributed by atoms with Gasteiger partial charge in [-0.15, -0.1) is 0 Å². The number of rotatable bonds is 8. The van der Waals surface area contributed by atoms with Gasteiger partial charge in [0.15, 0.2) is 0 Å². The van der Waals surface area contributed by atoms with Crippen LogP contribution in [0.2, 0.25) is 0 Å². The molecular formula is C15H28N2O3. The molecule has 0 aromatic rings. The van der Waals surface area contributed by atoms with Crippen molar-refractivity contribution >= 4 is 12.0 Å². The van der Waals surface area contributed by atoms with Gasteiger partial charge in [0.2, 0.25) is 0 Å². The lowest BCUT2D eigenvalue weighted by Crippen LogP contribution is -2.58. The Morgan fingerprint density at radius 1 is 1.35 bits per heavy atom. The molecule has 1 saturated carbocycles. The molecule has 0 aliphatic heterocycles. The zero-order valence-corrected chi connectivity index (χ0v) is 13.1. The molecule has 0 aromatic carbocycles. The Kier molecular flexibility index (Phi) is 5.84. The summed E-state index contributed by atoms with van der Waals surface area (Å²) in [6.45, 7) is 8.34. The summed E-state index contributed by atoms with van der Waals surface area (Å²) in [5, 5.41) is 12.1. The molecule has 1 aliphatic carbocycles. The van der Waals surface area contributed by atoms with Crippen LogP contribution in [-0.4, -0.2) is 40.1 Å². The van der Waals surface area contributed by atoms with Gasteiger partial charge >= 0.3 is 12.0 Å². The van der Waals surface area contributed by atoms with E-state index in [1.54, 1.807) is 11.8 Å². The molecule has 0 saturated heterocycles. The third kappa shape index (κ3) is 4.12. The van der Waals surface area contributed by atoms with Crippen molar-refractivity contribution in [1.82, 2.24) is 10.2 Å². The summed E-state index contributed by atoms with van der Waals surface area (Å²) in [6, 6.07) is -0.183. The van der Waals surface area contributed by atoms with Crippen LogP contribution in [0.1, 0.15) is 59.8 Å². The highest BCUT2D eigenvalue weighted by atomic mass is 16.4. The molecule has 116 valence electrons. The molecule has 1 unspecified atom stereocenters. The van der Waals surface area contributed by atoms with Gasteiger partial charge < -0.3 is 15.3 Å². The minimum atomic E-state index is -1.13. The number of carboxylic acids is 1. The summed E-state index contributed by atoms with van der Waals surface area (Å²) in [7, 11) is 0. The van der Waals surface area contributed by atoms with Crippen molar-refractivity contribution in [1.29, 1.82) is 0 Å². The lowest BCUT2D eigenvalue weighted by Gasteiger charge is -2.33. The highest BCUT2D eigenvalue weighted by Crippen LogP contribution is 2.39. The lowest BCUT2D eigenvalue weighted by atomic mass is 9.96. The second kappa shape index (κ2) is 6.95. The molecule has 20 heavy (non-hydrogen) atoms. The molecule has 5 heteroatoms. The van der Waals surface area contributed by atoms with E-state index in [-0.39, 0.29) is 18.0 Å². The molecule has 2 N–H and O–H groups in total. The molecule has 0 heterocycles. The normalized spacial score (nSPS) is 17.6. The first-order valence-corrected chi connectivity index (χ1v) is 7.65. The van der Waals surface area contributed by atoms with E-state index in [4.69, 9.17) is 0 Å². The molecule has 0 spiro atoms. The van der Waals surface area contributed by atoms with Crippen molar-refractivity contribution in [3.8, 4) is 0 Å². The average Bonchev–Trinajstić information content (AvgIpc) is 3.17.